The minimum Gasteiger partial charge on any atom is -0.313 e. The molecule has 114 valence electrons. The van der Waals surface area contributed by atoms with Crippen molar-refractivity contribution < 1.29 is 8.42 Å². The molecule has 0 atom stereocenters. The molecule has 0 aliphatic carbocycles. The molecule has 8 heteroatoms. The molecule has 2 heterocycles. The molecule has 0 saturated carbocycles. The largest absolute Gasteiger partial charge is 0.313 e. The molecule has 2 aromatic heterocycles. The summed E-state index contributed by atoms with van der Waals surface area (Å²) in [4.78, 5) is 4.86. The van der Waals surface area contributed by atoms with Crippen molar-refractivity contribution in [3.8, 4) is 0 Å². The maximum atomic E-state index is 12.1. The third-order valence-corrected chi connectivity index (χ3v) is 5.26. The van der Waals surface area contributed by atoms with Crippen LogP contribution in [-0.4, -0.2) is 19.9 Å². The quantitative estimate of drug-likeness (QED) is 0.808. The van der Waals surface area contributed by atoms with Crippen molar-refractivity contribution in [2.75, 3.05) is 6.54 Å². The van der Waals surface area contributed by atoms with E-state index in [2.05, 4.69) is 15.0 Å². The summed E-state index contributed by atoms with van der Waals surface area (Å²) >= 11 is 7.15. The summed E-state index contributed by atoms with van der Waals surface area (Å²) in [5.74, 6) is 0. The molecule has 0 bridgehead atoms. The minimum absolute atomic E-state index is 0.0189. The first-order chi connectivity index (χ1) is 10.0. The Bertz CT molecular complexity index is 684. The number of hydrogen-bond donors (Lipinski definition) is 2. The van der Waals surface area contributed by atoms with Gasteiger partial charge in [0.05, 0.1) is 4.34 Å². The van der Waals surface area contributed by atoms with Crippen LogP contribution in [0.3, 0.4) is 0 Å². The van der Waals surface area contributed by atoms with Gasteiger partial charge in [-0.25, -0.2) is 18.1 Å². The van der Waals surface area contributed by atoms with Crippen molar-refractivity contribution >= 4 is 33.0 Å². The second-order valence-corrected chi connectivity index (χ2v) is 7.83. The number of pyridine rings is 1. The number of nitrogens with one attached hydrogen (secondary N) is 2. The first kappa shape index (κ1) is 16.4. The van der Waals surface area contributed by atoms with Gasteiger partial charge in [0.25, 0.3) is 10.0 Å². The Hall–Kier alpha value is -0.990. The van der Waals surface area contributed by atoms with Crippen molar-refractivity contribution in [2.45, 2.75) is 25.0 Å². The molecule has 5 nitrogen and oxygen atoms in total. The highest BCUT2D eigenvalue weighted by molar-refractivity contribution is 7.89. The lowest BCUT2D eigenvalue weighted by Crippen LogP contribution is -2.23. The summed E-state index contributed by atoms with van der Waals surface area (Å²) in [6.07, 6.45) is 1.57. The van der Waals surface area contributed by atoms with Gasteiger partial charge in [-0.2, -0.15) is 0 Å². The Labute approximate surface area is 133 Å². The predicted molar refractivity (Wildman–Crippen MR) is 85.0 cm³/mol. The van der Waals surface area contributed by atoms with Crippen molar-refractivity contribution in [2.24, 2.45) is 0 Å². The summed E-state index contributed by atoms with van der Waals surface area (Å²) < 4.78 is 27.4. The average molecular weight is 346 g/mol. The van der Waals surface area contributed by atoms with Crippen molar-refractivity contribution in [3.05, 3.63) is 45.2 Å². The second-order valence-electron chi connectivity index (χ2n) is 4.32. The molecule has 2 rings (SSSR count). The number of hydrogen-bond acceptors (Lipinski definition) is 5. The standard InChI is InChI=1S/C13H16ClN3O2S2/c1-2-15-7-10-3-6-13(16-8-10)21(18,19)17-9-11-4-5-12(14)20-11/h3-6,8,15,17H,2,7,9H2,1H3. The van der Waals surface area contributed by atoms with Crippen LogP contribution in [0.5, 0.6) is 0 Å². The summed E-state index contributed by atoms with van der Waals surface area (Å²) in [5, 5.41) is 3.17. The first-order valence-electron chi connectivity index (χ1n) is 6.41. The number of sulfonamides is 1. The Kier molecular flexibility index (Phi) is 5.72. The van der Waals surface area contributed by atoms with Gasteiger partial charge in [0.1, 0.15) is 0 Å². The van der Waals surface area contributed by atoms with Gasteiger partial charge in [-0.15, -0.1) is 11.3 Å². The van der Waals surface area contributed by atoms with E-state index in [0.29, 0.717) is 10.9 Å². The molecule has 0 radical (unpaired) electrons. The molecule has 0 unspecified atom stereocenters. The van der Waals surface area contributed by atoms with Crippen LogP contribution < -0.4 is 10.0 Å². The van der Waals surface area contributed by atoms with E-state index in [9.17, 15) is 8.42 Å². The second kappa shape index (κ2) is 7.33. The molecule has 0 saturated heterocycles. The van der Waals surface area contributed by atoms with E-state index in [-0.39, 0.29) is 11.6 Å². The van der Waals surface area contributed by atoms with E-state index in [1.807, 2.05) is 6.92 Å². The molecule has 0 aliphatic heterocycles. The molecule has 0 aliphatic rings. The zero-order chi connectivity index (χ0) is 15.3. The van der Waals surface area contributed by atoms with Gasteiger partial charge in [-0.1, -0.05) is 24.6 Å². The lowest BCUT2D eigenvalue weighted by atomic mass is 10.3. The van der Waals surface area contributed by atoms with Crippen LogP contribution in [0.1, 0.15) is 17.4 Å². The Morgan fingerprint density at radius 2 is 2.05 bits per heavy atom. The summed E-state index contributed by atoms with van der Waals surface area (Å²) in [6.45, 7) is 3.74. The fourth-order valence-corrected chi connectivity index (χ4v) is 3.68. The topological polar surface area (TPSA) is 71.1 Å². The maximum absolute atomic E-state index is 12.1. The van der Waals surface area contributed by atoms with Crippen LogP contribution in [-0.2, 0) is 23.1 Å². The van der Waals surface area contributed by atoms with Crippen LogP contribution in [0.2, 0.25) is 4.34 Å². The van der Waals surface area contributed by atoms with E-state index >= 15 is 0 Å². The lowest BCUT2D eigenvalue weighted by molar-refractivity contribution is 0.577. The monoisotopic (exact) mass is 345 g/mol. The normalized spacial score (nSPS) is 11.7. The highest BCUT2D eigenvalue weighted by Crippen LogP contribution is 2.21. The van der Waals surface area contributed by atoms with Crippen LogP contribution in [0.4, 0.5) is 0 Å². The van der Waals surface area contributed by atoms with Gasteiger partial charge in [-0.3, -0.25) is 0 Å². The van der Waals surface area contributed by atoms with Crippen molar-refractivity contribution in [3.63, 3.8) is 0 Å². The molecule has 0 amide bonds. The fourth-order valence-electron chi connectivity index (χ4n) is 1.63. The molecule has 0 fully saturated rings. The highest BCUT2D eigenvalue weighted by atomic mass is 35.5. The predicted octanol–water partition coefficient (Wildman–Crippen LogP) is 2.38. The van der Waals surface area contributed by atoms with E-state index in [1.165, 1.54) is 17.4 Å². The number of aromatic nitrogens is 1. The summed E-state index contributed by atoms with van der Waals surface area (Å²) in [7, 11) is -3.60. The SMILES string of the molecule is CCNCc1ccc(S(=O)(=O)NCc2ccc(Cl)s2)nc1. The van der Waals surface area contributed by atoms with E-state index in [0.717, 1.165) is 17.0 Å². The molecule has 2 aromatic rings. The van der Waals surface area contributed by atoms with Gasteiger partial charge in [0, 0.05) is 24.2 Å². The minimum atomic E-state index is -3.60. The molecule has 0 aromatic carbocycles. The third kappa shape index (κ3) is 4.76. The zero-order valence-electron chi connectivity index (χ0n) is 11.5. The van der Waals surface area contributed by atoms with Crippen LogP contribution in [0.15, 0.2) is 35.5 Å². The van der Waals surface area contributed by atoms with Gasteiger partial charge < -0.3 is 5.32 Å². The smallest absolute Gasteiger partial charge is 0.258 e. The van der Waals surface area contributed by atoms with Crippen LogP contribution in [0.25, 0.3) is 0 Å². The van der Waals surface area contributed by atoms with E-state index in [1.54, 1.807) is 24.4 Å². The number of thiophene rings is 1. The van der Waals surface area contributed by atoms with Crippen LogP contribution >= 0.6 is 22.9 Å². The number of nitrogens with zero attached hydrogens (tertiary/aromatic N) is 1. The molecular formula is C13H16ClN3O2S2. The summed E-state index contributed by atoms with van der Waals surface area (Å²) in [5.41, 5.74) is 0.945. The number of halogens is 1. The molecule has 2 N–H and O–H groups in total. The Morgan fingerprint density at radius 3 is 2.62 bits per heavy atom. The van der Waals surface area contributed by atoms with Crippen molar-refractivity contribution in [1.29, 1.82) is 0 Å². The first-order valence-corrected chi connectivity index (χ1v) is 9.08. The van der Waals surface area contributed by atoms with Gasteiger partial charge >= 0.3 is 0 Å². The molecular weight excluding hydrogens is 330 g/mol. The third-order valence-electron chi connectivity index (χ3n) is 2.72. The lowest BCUT2D eigenvalue weighted by Gasteiger charge is -2.06. The van der Waals surface area contributed by atoms with Crippen molar-refractivity contribution in [1.82, 2.24) is 15.0 Å². The molecule has 0 spiro atoms. The Balaban J connectivity index is 2.01. The van der Waals surface area contributed by atoms with Gasteiger partial charge in [-0.05, 0) is 30.3 Å². The summed E-state index contributed by atoms with van der Waals surface area (Å²) in [6, 6.07) is 6.80. The molecule has 21 heavy (non-hydrogen) atoms. The van der Waals surface area contributed by atoms with E-state index < -0.39 is 10.0 Å². The fraction of sp³-hybridized carbons (Fsp3) is 0.308. The average Bonchev–Trinajstić information content (AvgIpc) is 2.89. The maximum Gasteiger partial charge on any atom is 0.258 e. The van der Waals surface area contributed by atoms with Gasteiger partial charge in [0.2, 0.25) is 0 Å². The van der Waals surface area contributed by atoms with Gasteiger partial charge in [0.15, 0.2) is 5.03 Å². The van der Waals surface area contributed by atoms with E-state index in [4.69, 9.17) is 11.6 Å². The highest BCUT2D eigenvalue weighted by Gasteiger charge is 2.15. The number of rotatable bonds is 7. The zero-order valence-corrected chi connectivity index (χ0v) is 13.9. The Morgan fingerprint density at radius 1 is 1.24 bits per heavy atom. The van der Waals surface area contributed by atoms with Crippen LogP contribution in [0, 0.1) is 0 Å².